The number of halogens is 3. The number of anilines is 3. The highest BCUT2D eigenvalue weighted by molar-refractivity contribution is 6.05. The number of hydrogen-bond acceptors (Lipinski definition) is 6. The van der Waals surface area contributed by atoms with Crippen LogP contribution in [0.3, 0.4) is 0 Å². The third-order valence-electron chi connectivity index (χ3n) is 6.55. The zero-order chi connectivity index (χ0) is 25.7. The number of hydrogen-bond donors (Lipinski definition) is 2. The van der Waals surface area contributed by atoms with Gasteiger partial charge in [0.15, 0.2) is 18.0 Å². The van der Waals surface area contributed by atoms with E-state index in [0.717, 1.165) is 12.1 Å². The summed E-state index contributed by atoms with van der Waals surface area (Å²) in [5, 5.41) is 13.6. The highest BCUT2D eigenvalue weighted by Crippen LogP contribution is 2.41. The van der Waals surface area contributed by atoms with Crippen LogP contribution >= 0.6 is 0 Å². The van der Waals surface area contributed by atoms with Crippen molar-refractivity contribution >= 4 is 23.2 Å². The first-order valence-electron chi connectivity index (χ1n) is 11.5. The minimum atomic E-state index is -4.49. The molecular weight excluding hydrogens is 487 g/mol. The van der Waals surface area contributed by atoms with Gasteiger partial charge in [-0.15, -0.1) is 0 Å². The van der Waals surface area contributed by atoms with Gasteiger partial charge in [0.1, 0.15) is 0 Å². The fourth-order valence-corrected chi connectivity index (χ4v) is 4.80. The normalized spacial score (nSPS) is 18.6. The Morgan fingerprint density at radius 3 is 2.65 bits per heavy atom. The summed E-state index contributed by atoms with van der Waals surface area (Å²) in [4.78, 5) is 25.4. The third-order valence-corrected chi connectivity index (χ3v) is 6.55. The van der Waals surface area contributed by atoms with Crippen LogP contribution in [0, 0.1) is 0 Å². The number of carbonyl (C=O) groups excluding carboxylic acids is 1. The van der Waals surface area contributed by atoms with E-state index < -0.39 is 29.9 Å². The van der Waals surface area contributed by atoms with Crippen molar-refractivity contribution in [2.24, 2.45) is 0 Å². The molecule has 1 fully saturated rings. The van der Waals surface area contributed by atoms with Crippen molar-refractivity contribution in [3.63, 3.8) is 0 Å². The molecule has 2 N–H and O–H groups in total. The quantitative estimate of drug-likeness (QED) is 0.404. The Kier molecular flexibility index (Phi) is 5.37. The molecule has 2 aliphatic rings. The molecule has 2 bridgehead atoms. The van der Waals surface area contributed by atoms with Crippen LogP contribution in [0.5, 0.6) is 0 Å². The van der Waals surface area contributed by atoms with Crippen LogP contribution in [0.25, 0.3) is 22.6 Å². The molecule has 1 saturated heterocycles. The molecule has 2 atom stereocenters. The molecule has 4 aromatic rings. The van der Waals surface area contributed by atoms with Gasteiger partial charge in [-0.3, -0.25) is 4.90 Å². The molecule has 37 heavy (non-hydrogen) atoms. The van der Waals surface area contributed by atoms with E-state index >= 15 is 0 Å². The summed E-state index contributed by atoms with van der Waals surface area (Å²) < 4.78 is 45.2. The van der Waals surface area contributed by atoms with Crippen LogP contribution in [0.1, 0.15) is 5.56 Å². The highest BCUT2D eigenvalue weighted by Gasteiger charge is 2.45. The number of rotatable bonds is 3. The Bertz CT molecular complexity index is 1470. The third kappa shape index (κ3) is 4.16. The molecule has 4 heterocycles. The van der Waals surface area contributed by atoms with Crippen molar-refractivity contribution in [1.29, 1.82) is 0 Å². The zero-order valence-corrected chi connectivity index (χ0v) is 19.2. The van der Waals surface area contributed by atoms with Crippen molar-refractivity contribution in [3.05, 3.63) is 78.8 Å². The molecular formula is C26H20F3N5O3. The molecule has 0 radical (unpaired) electrons. The summed E-state index contributed by atoms with van der Waals surface area (Å²) in [6.45, 7) is 0.720. The van der Waals surface area contributed by atoms with Gasteiger partial charge in [-0.05, 0) is 36.4 Å². The SMILES string of the molecule is O=C(Nc1cccc(-c2cnco2)c1)N1c2nc(-c3cccc(C(F)(F)F)c3)ccc2N2C[C@@H](O)[C@H]1C2. The second-order valence-corrected chi connectivity index (χ2v) is 8.90. The monoisotopic (exact) mass is 507 g/mol. The van der Waals surface area contributed by atoms with Gasteiger partial charge in [0, 0.05) is 29.9 Å². The molecule has 2 aromatic carbocycles. The number of aliphatic hydroxyl groups is 1. The van der Waals surface area contributed by atoms with Crippen LogP contribution in [-0.2, 0) is 6.18 Å². The molecule has 8 nitrogen and oxygen atoms in total. The van der Waals surface area contributed by atoms with Gasteiger partial charge in [0.05, 0.1) is 35.3 Å². The second-order valence-electron chi connectivity index (χ2n) is 8.90. The average Bonchev–Trinajstić information content (AvgIpc) is 3.53. The summed E-state index contributed by atoms with van der Waals surface area (Å²) in [6.07, 6.45) is -2.44. The number of amides is 2. The van der Waals surface area contributed by atoms with Gasteiger partial charge < -0.3 is 19.7 Å². The van der Waals surface area contributed by atoms with Gasteiger partial charge in [-0.25, -0.2) is 14.8 Å². The van der Waals surface area contributed by atoms with E-state index in [1.54, 1.807) is 36.5 Å². The fourth-order valence-electron chi connectivity index (χ4n) is 4.80. The number of nitrogens with zero attached hydrogens (tertiary/aromatic N) is 4. The predicted molar refractivity (Wildman–Crippen MR) is 130 cm³/mol. The summed E-state index contributed by atoms with van der Waals surface area (Å²) in [7, 11) is 0. The largest absolute Gasteiger partial charge is 0.444 e. The Morgan fingerprint density at radius 1 is 1.05 bits per heavy atom. The number of aliphatic hydroxyl groups excluding tert-OH is 1. The van der Waals surface area contributed by atoms with Crippen LogP contribution < -0.4 is 15.1 Å². The van der Waals surface area contributed by atoms with Crippen molar-refractivity contribution in [1.82, 2.24) is 9.97 Å². The fraction of sp³-hybridized carbons (Fsp3) is 0.192. The Balaban J connectivity index is 1.36. The maximum atomic E-state index is 13.6. The van der Waals surface area contributed by atoms with Crippen LogP contribution in [-0.4, -0.2) is 46.3 Å². The first-order valence-corrected chi connectivity index (χ1v) is 11.5. The lowest BCUT2D eigenvalue weighted by molar-refractivity contribution is -0.137. The highest BCUT2D eigenvalue weighted by atomic mass is 19.4. The maximum absolute atomic E-state index is 13.6. The van der Waals surface area contributed by atoms with Crippen molar-refractivity contribution < 1.29 is 27.5 Å². The van der Waals surface area contributed by atoms with Gasteiger partial charge in [-0.1, -0.05) is 24.3 Å². The van der Waals surface area contributed by atoms with Gasteiger partial charge >= 0.3 is 12.2 Å². The van der Waals surface area contributed by atoms with Crippen LogP contribution in [0.15, 0.2) is 77.7 Å². The lowest BCUT2D eigenvalue weighted by atomic mass is 10.1. The number of aromatic nitrogens is 2. The van der Waals surface area contributed by atoms with E-state index in [2.05, 4.69) is 15.3 Å². The first kappa shape index (κ1) is 23.0. The number of urea groups is 1. The molecule has 2 aliphatic heterocycles. The van der Waals surface area contributed by atoms with E-state index in [1.165, 1.54) is 23.4 Å². The Labute approximate surface area is 209 Å². The number of fused-ring (bicyclic) bond motifs is 4. The van der Waals surface area contributed by atoms with E-state index in [4.69, 9.17) is 4.42 Å². The molecule has 188 valence electrons. The number of alkyl halides is 3. The van der Waals surface area contributed by atoms with E-state index in [1.807, 2.05) is 11.0 Å². The lowest BCUT2D eigenvalue weighted by Crippen LogP contribution is -2.51. The van der Waals surface area contributed by atoms with E-state index in [0.29, 0.717) is 35.8 Å². The Morgan fingerprint density at radius 2 is 1.86 bits per heavy atom. The molecule has 0 unspecified atom stereocenters. The van der Waals surface area contributed by atoms with Gasteiger partial charge in [0.2, 0.25) is 0 Å². The summed E-state index contributed by atoms with van der Waals surface area (Å²) in [6, 6.07) is 14.1. The smallest absolute Gasteiger partial charge is 0.416 e. The molecule has 2 amide bonds. The van der Waals surface area contributed by atoms with Gasteiger partial charge in [-0.2, -0.15) is 13.2 Å². The Hall–Kier alpha value is -4.38. The molecule has 6 rings (SSSR count). The summed E-state index contributed by atoms with van der Waals surface area (Å²) in [5.41, 5.74) is 1.59. The molecule has 11 heteroatoms. The number of pyridine rings is 1. The topological polar surface area (TPSA) is 94.7 Å². The summed E-state index contributed by atoms with van der Waals surface area (Å²) >= 11 is 0. The summed E-state index contributed by atoms with van der Waals surface area (Å²) in [5.74, 6) is 0.806. The predicted octanol–water partition coefficient (Wildman–Crippen LogP) is 5.02. The first-order chi connectivity index (χ1) is 17.8. The molecule has 2 aromatic heterocycles. The van der Waals surface area contributed by atoms with Gasteiger partial charge in [0.25, 0.3) is 0 Å². The maximum Gasteiger partial charge on any atom is 0.416 e. The zero-order valence-electron chi connectivity index (χ0n) is 19.2. The van der Waals surface area contributed by atoms with Crippen molar-refractivity contribution in [3.8, 4) is 22.6 Å². The minimum absolute atomic E-state index is 0.270. The van der Waals surface area contributed by atoms with Crippen molar-refractivity contribution in [2.75, 3.05) is 28.2 Å². The van der Waals surface area contributed by atoms with Crippen LogP contribution in [0.2, 0.25) is 0 Å². The molecule has 0 spiro atoms. The number of carbonyl (C=O) groups is 1. The molecule has 0 saturated carbocycles. The number of oxazole rings is 1. The minimum Gasteiger partial charge on any atom is -0.444 e. The second kappa shape index (κ2) is 8.63. The van der Waals surface area contributed by atoms with E-state index in [9.17, 15) is 23.1 Å². The number of nitrogens with one attached hydrogen (secondary N) is 1. The van der Waals surface area contributed by atoms with Crippen molar-refractivity contribution in [2.45, 2.75) is 18.3 Å². The average molecular weight is 507 g/mol. The number of benzene rings is 2. The van der Waals surface area contributed by atoms with Crippen LogP contribution in [0.4, 0.5) is 35.2 Å². The standard InChI is InChI=1S/C26H20F3N5O3/c27-26(28,29)17-5-1-3-15(9-17)19-7-8-20-24(32-19)34(21-12-33(20)13-22(21)35)25(36)31-18-6-2-4-16(10-18)23-11-30-14-37-23/h1-11,14,21-22,35H,12-13H2,(H,31,36)/t21-,22-/m1/s1. The lowest BCUT2D eigenvalue weighted by Gasteiger charge is -2.36. The molecule has 0 aliphatic carbocycles. The van der Waals surface area contributed by atoms with E-state index in [-0.39, 0.29) is 17.1 Å².